The van der Waals surface area contributed by atoms with E-state index in [0.29, 0.717) is 0 Å². The zero-order chi connectivity index (χ0) is 14.7. The van der Waals surface area contributed by atoms with Crippen LogP contribution in [0.3, 0.4) is 0 Å². The number of nitrogens with zero attached hydrogens (tertiary/aromatic N) is 1. The molecular formula is C12H9F2N3O2S. The smallest absolute Gasteiger partial charge is 0.277 e. The van der Waals surface area contributed by atoms with Gasteiger partial charge in [-0.1, -0.05) is 0 Å². The van der Waals surface area contributed by atoms with Gasteiger partial charge in [-0.15, -0.1) is 11.3 Å². The first kappa shape index (κ1) is 14.1. The molecule has 0 aliphatic heterocycles. The first-order valence-electron chi connectivity index (χ1n) is 5.44. The van der Waals surface area contributed by atoms with Crippen molar-refractivity contribution in [2.75, 3.05) is 0 Å². The molecule has 2 aromatic rings. The second-order valence-electron chi connectivity index (χ2n) is 3.86. The Labute approximate surface area is 116 Å². The third-order valence-corrected chi connectivity index (χ3v) is 3.18. The maximum Gasteiger partial charge on any atom is 0.277 e. The number of benzene rings is 1. The number of rotatable bonds is 4. The van der Waals surface area contributed by atoms with E-state index in [-0.39, 0.29) is 22.8 Å². The molecule has 0 fully saturated rings. The monoisotopic (exact) mass is 297 g/mol. The maximum absolute atomic E-state index is 13.0. The number of halogens is 2. The normalized spacial score (nSPS) is 10.3. The molecule has 0 aliphatic carbocycles. The van der Waals surface area contributed by atoms with Gasteiger partial charge in [0, 0.05) is 18.0 Å². The molecule has 0 aliphatic rings. The Morgan fingerprint density at radius 1 is 1.25 bits per heavy atom. The summed E-state index contributed by atoms with van der Waals surface area (Å²) in [6, 6.07) is 2.96. The van der Waals surface area contributed by atoms with Crippen LogP contribution in [0.4, 0.5) is 8.78 Å². The first-order valence-corrected chi connectivity index (χ1v) is 6.32. The fourth-order valence-corrected chi connectivity index (χ4v) is 2.13. The maximum atomic E-state index is 13.0. The highest BCUT2D eigenvalue weighted by molar-refractivity contribution is 7.11. The zero-order valence-corrected chi connectivity index (χ0v) is 10.8. The molecule has 3 N–H and O–H groups in total. The van der Waals surface area contributed by atoms with Crippen molar-refractivity contribution in [2.45, 2.75) is 6.54 Å². The van der Waals surface area contributed by atoms with E-state index in [2.05, 4.69) is 10.3 Å². The number of thiazole rings is 1. The second kappa shape index (κ2) is 5.74. The van der Waals surface area contributed by atoms with Gasteiger partial charge in [-0.25, -0.2) is 13.8 Å². The van der Waals surface area contributed by atoms with Crippen molar-refractivity contribution in [3.05, 3.63) is 51.5 Å². The Hall–Kier alpha value is -2.35. The van der Waals surface area contributed by atoms with Crippen molar-refractivity contribution in [1.82, 2.24) is 10.3 Å². The molecule has 0 unspecified atom stereocenters. The van der Waals surface area contributed by atoms with Gasteiger partial charge in [0.1, 0.15) is 17.3 Å². The van der Waals surface area contributed by atoms with Gasteiger partial charge >= 0.3 is 0 Å². The number of amides is 2. The topological polar surface area (TPSA) is 85.1 Å². The standard InChI is InChI=1S/C12H9F2N3O2S/c13-7-1-6(2-8(14)3-7)4-16-11(19)9-5-20-12(17-9)10(15)18/h1-3,5H,4H2,(H2,15,18)(H,16,19). The minimum absolute atomic E-state index is 0.0203. The molecule has 2 rings (SSSR count). The van der Waals surface area contributed by atoms with E-state index in [9.17, 15) is 18.4 Å². The summed E-state index contributed by atoms with van der Waals surface area (Å²) in [5.74, 6) is -2.72. The van der Waals surface area contributed by atoms with Crippen molar-refractivity contribution in [3.63, 3.8) is 0 Å². The lowest BCUT2D eigenvalue weighted by molar-refractivity contribution is 0.0946. The van der Waals surface area contributed by atoms with Crippen LogP contribution in [0.25, 0.3) is 0 Å². The van der Waals surface area contributed by atoms with Gasteiger partial charge in [0.15, 0.2) is 5.01 Å². The van der Waals surface area contributed by atoms with Crippen molar-refractivity contribution in [1.29, 1.82) is 0 Å². The van der Waals surface area contributed by atoms with Crippen LogP contribution >= 0.6 is 11.3 Å². The van der Waals surface area contributed by atoms with Crippen molar-refractivity contribution in [2.24, 2.45) is 5.73 Å². The predicted octanol–water partition coefficient (Wildman–Crippen LogP) is 1.45. The average Bonchev–Trinajstić information content (AvgIpc) is 2.84. The molecule has 1 aromatic heterocycles. The molecule has 104 valence electrons. The van der Waals surface area contributed by atoms with Crippen LogP contribution in [0.2, 0.25) is 0 Å². The molecule has 0 radical (unpaired) electrons. The minimum Gasteiger partial charge on any atom is -0.364 e. The minimum atomic E-state index is -0.723. The van der Waals surface area contributed by atoms with Gasteiger partial charge in [-0.3, -0.25) is 9.59 Å². The van der Waals surface area contributed by atoms with Crippen molar-refractivity contribution >= 4 is 23.2 Å². The van der Waals surface area contributed by atoms with Crippen molar-refractivity contribution in [3.8, 4) is 0 Å². The summed E-state index contributed by atoms with van der Waals surface area (Å²) in [5, 5.41) is 3.84. The highest BCUT2D eigenvalue weighted by atomic mass is 32.1. The molecular weight excluding hydrogens is 288 g/mol. The van der Waals surface area contributed by atoms with Crippen molar-refractivity contribution < 1.29 is 18.4 Å². The van der Waals surface area contributed by atoms with E-state index in [4.69, 9.17) is 5.73 Å². The van der Waals surface area contributed by atoms with E-state index in [0.717, 1.165) is 29.5 Å². The number of aromatic nitrogens is 1. The number of nitrogens with one attached hydrogen (secondary N) is 1. The Kier molecular flexibility index (Phi) is 4.04. The molecule has 0 bridgehead atoms. The number of nitrogens with two attached hydrogens (primary N) is 1. The van der Waals surface area contributed by atoms with Gasteiger partial charge in [0.25, 0.3) is 11.8 Å². The molecule has 0 saturated heterocycles. The average molecular weight is 297 g/mol. The molecule has 20 heavy (non-hydrogen) atoms. The number of primary amides is 1. The molecule has 2 amide bonds. The van der Waals surface area contributed by atoms with Crippen LogP contribution in [-0.2, 0) is 6.54 Å². The lowest BCUT2D eigenvalue weighted by atomic mass is 10.2. The lowest BCUT2D eigenvalue weighted by Gasteiger charge is -2.04. The van der Waals surface area contributed by atoms with Gasteiger partial charge in [-0.2, -0.15) is 0 Å². The van der Waals surface area contributed by atoms with Crippen LogP contribution in [0, 0.1) is 11.6 Å². The summed E-state index contributed by atoms with van der Waals surface area (Å²) in [4.78, 5) is 26.3. The molecule has 8 heteroatoms. The quantitative estimate of drug-likeness (QED) is 0.895. The largest absolute Gasteiger partial charge is 0.364 e. The fourth-order valence-electron chi connectivity index (χ4n) is 1.48. The summed E-state index contributed by atoms with van der Waals surface area (Å²) in [6.07, 6.45) is 0. The van der Waals surface area contributed by atoms with Crippen LogP contribution in [0.15, 0.2) is 23.6 Å². The summed E-state index contributed by atoms with van der Waals surface area (Å²) in [7, 11) is 0. The van der Waals surface area contributed by atoms with Crippen LogP contribution in [0.5, 0.6) is 0 Å². The van der Waals surface area contributed by atoms with Gasteiger partial charge in [0.05, 0.1) is 0 Å². The summed E-state index contributed by atoms with van der Waals surface area (Å²) in [5.41, 5.74) is 5.33. The molecule has 0 spiro atoms. The molecule has 5 nitrogen and oxygen atoms in total. The van der Waals surface area contributed by atoms with Gasteiger partial charge in [0.2, 0.25) is 0 Å². The van der Waals surface area contributed by atoms with E-state index >= 15 is 0 Å². The highest BCUT2D eigenvalue weighted by Gasteiger charge is 2.13. The number of carbonyl (C=O) groups excluding carboxylic acids is 2. The molecule has 1 heterocycles. The van der Waals surface area contributed by atoms with E-state index in [1.54, 1.807) is 0 Å². The number of carbonyl (C=O) groups is 2. The molecule has 1 aromatic carbocycles. The first-order chi connectivity index (χ1) is 9.45. The molecule has 0 saturated carbocycles. The van der Waals surface area contributed by atoms with Crippen LogP contribution in [-0.4, -0.2) is 16.8 Å². The summed E-state index contributed by atoms with van der Waals surface area (Å²) >= 11 is 0.946. The Balaban J connectivity index is 2.02. The van der Waals surface area contributed by atoms with Gasteiger partial charge < -0.3 is 11.1 Å². The number of hydrogen-bond donors (Lipinski definition) is 2. The number of hydrogen-bond acceptors (Lipinski definition) is 4. The third kappa shape index (κ3) is 3.35. The van der Waals surface area contributed by atoms with Crippen LogP contribution < -0.4 is 11.1 Å². The van der Waals surface area contributed by atoms with E-state index < -0.39 is 23.4 Å². The van der Waals surface area contributed by atoms with Crippen LogP contribution in [0.1, 0.15) is 25.9 Å². The second-order valence-corrected chi connectivity index (χ2v) is 4.72. The summed E-state index contributed by atoms with van der Waals surface area (Å²) < 4.78 is 25.9. The van der Waals surface area contributed by atoms with E-state index in [1.807, 2.05) is 0 Å². The van der Waals surface area contributed by atoms with E-state index in [1.165, 1.54) is 5.38 Å². The third-order valence-electron chi connectivity index (χ3n) is 2.32. The highest BCUT2D eigenvalue weighted by Crippen LogP contribution is 2.10. The molecule has 0 atom stereocenters. The Morgan fingerprint density at radius 3 is 2.45 bits per heavy atom. The fraction of sp³-hybridized carbons (Fsp3) is 0.0833. The summed E-state index contributed by atoms with van der Waals surface area (Å²) in [6.45, 7) is -0.0586. The Morgan fingerprint density at radius 2 is 1.90 bits per heavy atom. The SMILES string of the molecule is NC(=O)c1nc(C(=O)NCc2cc(F)cc(F)c2)cs1. The lowest BCUT2D eigenvalue weighted by Crippen LogP contribution is -2.23. The van der Waals surface area contributed by atoms with Gasteiger partial charge in [-0.05, 0) is 17.7 Å². The predicted molar refractivity (Wildman–Crippen MR) is 68.2 cm³/mol. The zero-order valence-electron chi connectivity index (χ0n) is 10.0. The Bertz CT molecular complexity index is 652.